The minimum absolute atomic E-state index is 0.0484. The standard InChI is InChI=1S/C15H23NOS/c17-15-8-2-1-6-13(15)14-7-3-9-16(14)11-12-5-4-10-18-12/h4-5,10,13-15,17H,1-3,6-9,11H2. The van der Waals surface area contributed by atoms with E-state index in [4.69, 9.17) is 0 Å². The Morgan fingerprint density at radius 1 is 1.22 bits per heavy atom. The Balaban J connectivity index is 1.66. The number of nitrogens with zero attached hydrogens (tertiary/aromatic N) is 1. The molecule has 0 spiro atoms. The Hall–Kier alpha value is -0.380. The van der Waals surface area contributed by atoms with Gasteiger partial charge in [-0.15, -0.1) is 11.3 Å². The fourth-order valence-corrected chi connectivity index (χ4v) is 4.45. The Morgan fingerprint density at radius 2 is 2.11 bits per heavy atom. The smallest absolute Gasteiger partial charge is 0.0583 e. The average molecular weight is 265 g/mol. The molecule has 0 aromatic carbocycles. The largest absolute Gasteiger partial charge is 0.393 e. The predicted molar refractivity (Wildman–Crippen MR) is 75.7 cm³/mol. The lowest BCUT2D eigenvalue weighted by Gasteiger charge is -2.37. The van der Waals surface area contributed by atoms with Gasteiger partial charge in [-0.05, 0) is 43.7 Å². The van der Waals surface area contributed by atoms with Gasteiger partial charge in [-0.2, -0.15) is 0 Å². The summed E-state index contributed by atoms with van der Waals surface area (Å²) in [6, 6.07) is 5.00. The summed E-state index contributed by atoms with van der Waals surface area (Å²) >= 11 is 1.86. The Labute approximate surface area is 114 Å². The predicted octanol–water partition coefficient (Wildman–Crippen LogP) is 3.26. The molecule has 0 radical (unpaired) electrons. The van der Waals surface area contributed by atoms with E-state index in [-0.39, 0.29) is 6.10 Å². The fraction of sp³-hybridized carbons (Fsp3) is 0.733. The first-order valence-electron chi connectivity index (χ1n) is 7.29. The zero-order valence-electron chi connectivity index (χ0n) is 10.9. The molecule has 3 rings (SSSR count). The van der Waals surface area contributed by atoms with Crippen molar-refractivity contribution < 1.29 is 5.11 Å². The summed E-state index contributed by atoms with van der Waals surface area (Å²) in [6.07, 6.45) is 7.32. The van der Waals surface area contributed by atoms with E-state index in [0.717, 1.165) is 13.0 Å². The summed E-state index contributed by atoms with van der Waals surface area (Å²) in [6.45, 7) is 2.30. The first-order chi connectivity index (χ1) is 8.84. The fourth-order valence-electron chi connectivity index (χ4n) is 3.72. The lowest BCUT2D eigenvalue weighted by molar-refractivity contribution is 0.0204. The van der Waals surface area contributed by atoms with Crippen LogP contribution in [0.5, 0.6) is 0 Å². The van der Waals surface area contributed by atoms with Crippen molar-refractivity contribution in [3.8, 4) is 0 Å². The van der Waals surface area contributed by atoms with Crippen LogP contribution in [0.2, 0.25) is 0 Å². The van der Waals surface area contributed by atoms with Crippen LogP contribution in [0.15, 0.2) is 17.5 Å². The molecule has 0 bridgehead atoms. The van der Waals surface area contributed by atoms with Gasteiger partial charge >= 0.3 is 0 Å². The number of aliphatic hydroxyl groups excluding tert-OH is 1. The van der Waals surface area contributed by atoms with Crippen molar-refractivity contribution >= 4 is 11.3 Å². The highest BCUT2D eigenvalue weighted by Gasteiger charge is 2.36. The molecule has 1 aliphatic heterocycles. The molecule has 3 atom stereocenters. The van der Waals surface area contributed by atoms with Crippen LogP contribution in [0.4, 0.5) is 0 Å². The Morgan fingerprint density at radius 3 is 2.89 bits per heavy atom. The molecular formula is C15H23NOS. The number of thiophene rings is 1. The zero-order chi connectivity index (χ0) is 12.4. The van der Waals surface area contributed by atoms with E-state index in [9.17, 15) is 5.11 Å². The van der Waals surface area contributed by atoms with E-state index in [1.165, 1.54) is 43.5 Å². The maximum absolute atomic E-state index is 10.2. The molecule has 1 aromatic heterocycles. The highest BCUT2D eigenvalue weighted by Crippen LogP contribution is 2.35. The van der Waals surface area contributed by atoms with Crippen LogP contribution in [-0.2, 0) is 6.54 Å². The highest BCUT2D eigenvalue weighted by atomic mass is 32.1. The summed E-state index contributed by atoms with van der Waals surface area (Å²) in [7, 11) is 0. The monoisotopic (exact) mass is 265 g/mol. The van der Waals surface area contributed by atoms with Crippen LogP contribution in [0.3, 0.4) is 0 Å². The maximum Gasteiger partial charge on any atom is 0.0583 e. The van der Waals surface area contributed by atoms with Gasteiger partial charge in [-0.1, -0.05) is 18.9 Å². The maximum atomic E-state index is 10.2. The first kappa shape index (κ1) is 12.6. The van der Waals surface area contributed by atoms with Gasteiger partial charge in [-0.3, -0.25) is 4.90 Å². The Bertz CT molecular complexity index is 365. The molecule has 18 heavy (non-hydrogen) atoms. The van der Waals surface area contributed by atoms with E-state index in [2.05, 4.69) is 22.4 Å². The molecule has 1 saturated heterocycles. The van der Waals surface area contributed by atoms with Crippen LogP contribution < -0.4 is 0 Å². The van der Waals surface area contributed by atoms with E-state index in [0.29, 0.717) is 12.0 Å². The summed E-state index contributed by atoms with van der Waals surface area (Å²) in [5.41, 5.74) is 0. The van der Waals surface area contributed by atoms with E-state index >= 15 is 0 Å². The SMILES string of the molecule is OC1CCCCC1C1CCCN1Cc1cccs1. The molecule has 100 valence electrons. The van der Waals surface area contributed by atoms with Crippen molar-refractivity contribution in [1.29, 1.82) is 0 Å². The molecule has 1 aromatic rings. The summed E-state index contributed by atoms with van der Waals surface area (Å²) < 4.78 is 0. The number of hydrogen-bond acceptors (Lipinski definition) is 3. The minimum Gasteiger partial charge on any atom is -0.393 e. The van der Waals surface area contributed by atoms with Crippen LogP contribution in [-0.4, -0.2) is 28.7 Å². The number of aliphatic hydroxyl groups is 1. The van der Waals surface area contributed by atoms with Gasteiger partial charge in [0.2, 0.25) is 0 Å². The number of likely N-dealkylation sites (tertiary alicyclic amines) is 1. The van der Waals surface area contributed by atoms with Crippen LogP contribution in [0.1, 0.15) is 43.4 Å². The third-order valence-corrected chi connectivity index (χ3v) is 5.49. The van der Waals surface area contributed by atoms with E-state index in [1.807, 2.05) is 11.3 Å². The van der Waals surface area contributed by atoms with Crippen molar-refractivity contribution in [2.24, 2.45) is 5.92 Å². The van der Waals surface area contributed by atoms with Crippen LogP contribution in [0, 0.1) is 5.92 Å². The van der Waals surface area contributed by atoms with Crippen LogP contribution >= 0.6 is 11.3 Å². The normalized spacial score (nSPS) is 33.9. The summed E-state index contributed by atoms with van der Waals surface area (Å²) in [5.74, 6) is 0.529. The molecule has 3 unspecified atom stereocenters. The number of hydrogen-bond donors (Lipinski definition) is 1. The van der Waals surface area contributed by atoms with Gasteiger partial charge in [0.05, 0.1) is 6.10 Å². The summed E-state index contributed by atoms with van der Waals surface area (Å²) in [4.78, 5) is 4.08. The molecule has 2 nitrogen and oxygen atoms in total. The zero-order valence-corrected chi connectivity index (χ0v) is 11.7. The van der Waals surface area contributed by atoms with Gasteiger partial charge in [0.1, 0.15) is 0 Å². The van der Waals surface area contributed by atoms with Gasteiger partial charge in [-0.25, -0.2) is 0 Å². The molecule has 1 aliphatic carbocycles. The van der Waals surface area contributed by atoms with Crippen molar-refractivity contribution in [3.05, 3.63) is 22.4 Å². The first-order valence-corrected chi connectivity index (χ1v) is 8.17. The van der Waals surface area contributed by atoms with Crippen molar-refractivity contribution in [2.45, 2.75) is 57.2 Å². The quantitative estimate of drug-likeness (QED) is 0.906. The molecule has 3 heteroatoms. The second kappa shape index (κ2) is 5.72. The van der Waals surface area contributed by atoms with E-state index in [1.54, 1.807) is 0 Å². The van der Waals surface area contributed by atoms with Gasteiger partial charge < -0.3 is 5.11 Å². The highest BCUT2D eigenvalue weighted by molar-refractivity contribution is 7.09. The Kier molecular flexibility index (Phi) is 4.02. The molecule has 0 amide bonds. The van der Waals surface area contributed by atoms with Gasteiger partial charge in [0.25, 0.3) is 0 Å². The van der Waals surface area contributed by atoms with Crippen LogP contribution in [0.25, 0.3) is 0 Å². The lowest BCUT2D eigenvalue weighted by Crippen LogP contribution is -2.42. The molecule has 2 fully saturated rings. The van der Waals surface area contributed by atoms with Gasteiger partial charge in [0, 0.05) is 23.4 Å². The van der Waals surface area contributed by atoms with E-state index < -0.39 is 0 Å². The molecule has 1 N–H and O–H groups in total. The molecule has 1 saturated carbocycles. The minimum atomic E-state index is -0.0484. The third-order valence-electron chi connectivity index (χ3n) is 4.63. The van der Waals surface area contributed by atoms with Crippen molar-refractivity contribution in [2.75, 3.05) is 6.54 Å². The topological polar surface area (TPSA) is 23.5 Å². The van der Waals surface area contributed by atoms with Gasteiger partial charge in [0.15, 0.2) is 0 Å². The summed E-state index contributed by atoms with van der Waals surface area (Å²) in [5, 5.41) is 12.4. The number of rotatable bonds is 3. The molecule has 2 aliphatic rings. The van der Waals surface area contributed by atoms with Crippen molar-refractivity contribution in [1.82, 2.24) is 4.90 Å². The lowest BCUT2D eigenvalue weighted by atomic mass is 9.80. The second-order valence-corrected chi connectivity index (χ2v) is 6.81. The molecular weight excluding hydrogens is 242 g/mol. The van der Waals surface area contributed by atoms with Crippen molar-refractivity contribution in [3.63, 3.8) is 0 Å². The average Bonchev–Trinajstić information content (AvgIpc) is 3.02. The third kappa shape index (κ3) is 2.63. The molecule has 2 heterocycles. The second-order valence-electron chi connectivity index (χ2n) is 5.78.